The summed E-state index contributed by atoms with van der Waals surface area (Å²) < 4.78 is 10.7. The van der Waals surface area contributed by atoms with Gasteiger partial charge in [-0.2, -0.15) is 0 Å². The van der Waals surface area contributed by atoms with Crippen molar-refractivity contribution in [2.75, 3.05) is 25.1 Å². The van der Waals surface area contributed by atoms with Gasteiger partial charge in [-0.05, 0) is 6.42 Å². The molecule has 2 amide bonds. The van der Waals surface area contributed by atoms with Gasteiger partial charge in [0, 0.05) is 35.9 Å². The van der Waals surface area contributed by atoms with Crippen molar-refractivity contribution in [3.05, 3.63) is 0 Å². The number of nitrogens with one attached hydrogen (secondary N) is 2. The van der Waals surface area contributed by atoms with E-state index in [0.717, 1.165) is 6.42 Å². The summed E-state index contributed by atoms with van der Waals surface area (Å²) >= 11 is 0. The smallest absolute Gasteiger partial charge is 0.314 e. The lowest BCUT2D eigenvalue weighted by Crippen LogP contribution is -2.41. The normalized spacial score (nSPS) is 13.8. The number of hydrogen-bond donors (Lipinski definition) is 3. The van der Waals surface area contributed by atoms with Gasteiger partial charge in [0.05, 0.1) is 5.92 Å². The number of carboxylic acid groups (broad SMARTS) is 1. The highest BCUT2D eigenvalue weighted by molar-refractivity contribution is 7.84. The zero-order chi connectivity index (χ0) is 13.3. The highest BCUT2D eigenvalue weighted by Crippen LogP contribution is 2.04. The van der Waals surface area contributed by atoms with Crippen LogP contribution in [-0.2, 0) is 15.6 Å². The van der Waals surface area contributed by atoms with Crippen LogP contribution in [0.3, 0.4) is 0 Å². The summed E-state index contributed by atoms with van der Waals surface area (Å²) in [7, 11) is -0.942. The summed E-state index contributed by atoms with van der Waals surface area (Å²) in [6.45, 7) is 2.33. The highest BCUT2D eigenvalue weighted by atomic mass is 32.2. The molecule has 0 aliphatic carbocycles. The largest absolute Gasteiger partial charge is 0.481 e. The summed E-state index contributed by atoms with van der Waals surface area (Å²) in [6, 6.07) is -0.419. The van der Waals surface area contributed by atoms with Gasteiger partial charge in [-0.3, -0.25) is 9.00 Å². The fourth-order valence-corrected chi connectivity index (χ4v) is 1.64. The molecule has 7 heteroatoms. The fourth-order valence-electron chi connectivity index (χ4n) is 1.25. The van der Waals surface area contributed by atoms with Crippen molar-refractivity contribution < 1.29 is 18.9 Å². The van der Waals surface area contributed by atoms with Gasteiger partial charge in [0.15, 0.2) is 0 Å². The number of hydrogen-bond acceptors (Lipinski definition) is 3. The molecule has 2 unspecified atom stereocenters. The molecule has 0 aromatic rings. The second-order valence-corrected chi connectivity index (χ2v) is 5.29. The molecule has 0 saturated carbocycles. The molecule has 0 radical (unpaired) electrons. The molecule has 100 valence electrons. The molecule has 0 aromatic carbocycles. The Balaban J connectivity index is 3.80. The molecule has 6 nitrogen and oxygen atoms in total. The fraction of sp³-hybridized carbons (Fsp3) is 0.800. The maximum atomic E-state index is 11.2. The number of amides is 2. The molecule has 0 fully saturated rings. The van der Waals surface area contributed by atoms with Crippen LogP contribution < -0.4 is 10.6 Å². The molecule has 0 spiro atoms. The molecule has 0 saturated heterocycles. The Morgan fingerprint density at radius 3 is 2.47 bits per heavy atom. The second kappa shape index (κ2) is 8.98. The van der Waals surface area contributed by atoms with Crippen LogP contribution in [0.1, 0.15) is 19.8 Å². The maximum Gasteiger partial charge on any atom is 0.314 e. The minimum Gasteiger partial charge on any atom is -0.481 e. The first-order valence-corrected chi connectivity index (χ1v) is 7.24. The van der Waals surface area contributed by atoms with E-state index >= 15 is 0 Å². The van der Waals surface area contributed by atoms with Gasteiger partial charge in [-0.1, -0.05) is 13.3 Å². The third kappa shape index (κ3) is 8.67. The first kappa shape index (κ1) is 15.9. The number of carboxylic acids is 1. The maximum absolute atomic E-state index is 11.2. The molecular formula is C10H20N2O4S. The molecule has 0 aliphatic rings. The number of carbonyl (C=O) groups excluding carboxylic acids is 1. The molecule has 0 rings (SSSR count). The van der Waals surface area contributed by atoms with Crippen LogP contribution in [0.4, 0.5) is 4.79 Å². The van der Waals surface area contributed by atoms with Gasteiger partial charge >= 0.3 is 12.0 Å². The van der Waals surface area contributed by atoms with Crippen LogP contribution in [0.5, 0.6) is 0 Å². The molecule has 0 heterocycles. The summed E-state index contributed by atoms with van der Waals surface area (Å²) in [5.74, 6) is -1.06. The van der Waals surface area contributed by atoms with Crippen LogP contribution >= 0.6 is 0 Å². The first-order valence-electron chi connectivity index (χ1n) is 5.51. The monoisotopic (exact) mass is 264 g/mol. The van der Waals surface area contributed by atoms with E-state index < -0.39 is 28.7 Å². The lowest BCUT2D eigenvalue weighted by Gasteiger charge is -2.12. The topological polar surface area (TPSA) is 95.5 Å². The number of carbonyl (C=O) groups is 2. The van der Waals surface area contributed by atoms with E-state index in [1.807, 2.05) is 6.92 Å². The van der Waals surface area contributed by atoms with Crippen molar-refractivity contribution in [1.82, 2.24) is 10.6 Å². The Labute approximate surface area is 104 Å². The zero-order valence-electron chi connectivity index (χ0n) is 10.2. The summed E-state index contributed by atoms with van der Waals surface area (Å²) in [5.41, 5.74) is 0. The second-order valence-electron chi connectivity index (χ2n) is 3.74. The van der Waals surface area contributed by atoms with Gasteiger partial charge in [0.2, 0.25) is 0 Å². The van der Waals surface area contributed by atoms with E-state index in [-0.39, 0.29) is 6.54 Å². The molecule has 3 N–H and O–H groups in total. The average Bonchev–Trinajstić information content (AvgIpc) is 2.23. The predicted octanol–water partition coefficient (Wildman–Crippen LogP) is 0.165. The SMILES string of the molecule is CCCC(CNC(=O)NCCS(C)=O)C(=O)O. The molecule has 0 aliphatic heterocycles. The van der Waals surface area contributed by atoms with E-state index in [9.17, 15) is 13.8 Å². The Morgan fingerprint density at radius 2 is 2.00 bits per heavy atom. The minimum atomic E-state index is -0.942. The van der Waals surface area contributed by atoms with Crippen molar-refractivity contribution in [3.8, 4) is 0 Å². The van der Waals surface area contributed by atoms with E-state index in [2.05, 4.69) is 10.6 Å². The molecule has 0 bridgehead atoms. The van der Waals surface area contributed by atoms with Crippen LogP contribution in [-0.4, -0.2) is 46.4 Å². The van der Waals surface area contributed by atoms with E-state index in [4.69, 9.17) is 5.11 Å². The van der Waals surface area contributed by atoms with Gasteiger partial charge in [-0.25, -0.2) is 4.79 Å². The molecular weight excluding hydrogens is 244 g/mol. The Bertz CT molecular complexity index is 283. The van der Waals surface area contributed by atoms with E-state index in [1.165, 1.54) is 0 Å². The highest BCUT2D eigenvalue weighted by Gasteiger charge is 2.16. The van der Waals surface area contributed by atoms with Gasteiger partial charge < -0.3 is 15.7 Å². The van der Waals surface area contributed by atoms with Crippen LogP contribution in [0.2, 0.25) is 0 Å². The van der Waals surface area contributed by atoms with Crippen LogP contribution in [0, 0.1) is 5.92 Å². The average molecular weight is 264 g/mol. The molecule has 17 heavy (non-hydrogen) atoms. The lowest BCUT2D eigenvalue weighted by molar-refractivity contribution is -0.141. The lowest BCUT2D eigenvalue weighted by atomic mass is 10.0. The third-order valence-electron chi connectivity index (χ3n) is 2.17. The van der Waals surface area contributed by atoms with Crippen molar-refractivity contribution >= 4 is 22.8 Å². The van der Waals surface area contributed by atoms with E-state index in [1.54, 1.807) is 6.26 Å². The van der Waals surface area contributed by atoms with Crippen molar-refractivity contribution in [3.63, 3.8) is 0 Å². The number of rotatable bonds is 8. The van der Waals surface area contributed by atoms with E-state index in [0.29, 0.717) is 18.7 Å². The predicted molar refractivity (Wildman–Crippen MR) is 66.4 cm³/mol. The molecule has 0 aromatic heterocycles. The Morgan fingerprint density at radius 1 is 1.35 bits per heavy atom. The van der Waals surface area contributed by atoms with Crippen molar-refractivity contribution in [2.45, 2.75) is 19.8 Å². The van der Waals surface area contributed by atoms with Crippen LogP contribution in [0.15, 0.2) is 0 Å². The van der Waals surface area contributed by atoms with Gasteiger partial charge in [-0.15, -0.1) is 0 Å². The van der Waals surface area contributed by atoms with Crippen molar-refractivity contribution in [1.29, 1.82) is 0 Å². The summed E-state index contributed by atoms with van der Waals surface area (Å²) in [6.07, 6.45) is 2.85. The summed E-state index contributed by atoms with van der Waals surface area (Å²) in [4.78, 5) is 22.0. The van der Waals surface area contributed by atoms with Crippen LogP contribution in [0.25, 0.3) is 0 Å². The quantitative estimate of drug-likeness (QED) is 0.582. The first-order chi connectivity index (χ1) is 7.97. The number of aliphatic carboxylic acids is 1. The minimum absolute atomic E-state index is 0.115. The third-order valence-corrected chi connectivity index (χ3v) is 2.95. The molecule has 2 atom stereocenters. The summed E-state index contributed by atoms with van der Waals surface area (Å²) in [5, 5.41) is 13.9. The van der Waals surface area contributed by atoms with Gasteiger partial charge in [0.1, 0.15) is 0 Å². The zero-order valence-corrected chi connectivity index (χ0v) is 11.0. The Hall–Kier alpha value is -1.11. The van der Waals surface area contributed by atoms with Gasteiger partial charge in [0.25, 0.3) is 0 Å². The number of urea groups is 1. The Kier molecular flexibility index (Phi) is 8.39. The van der Waals surface area contributed by atoms with Crippen molar-refractivity contribution in [2.24, 2.45) is 5.92 Å². The standard InChI is InChI=1S/C10H20N2O4S/c1-3-4-8(9(13)14)7-12-10(15)11-5-6-17(2)16/h8H,3-7H2,1-2H3,(H,13,14)(H2,11,12,15).